The first-order valence-electron chi connectivity index (χ1n) is 9.02. The lowest BCUT2D eigenvalue weighted by molar-refractivity contribution is -0.137. The van der Waals surface area contributed by atoms with Gasteiger partial charge in [-0.15, -0.1) is 0 Å². The molecular weight excluding hydrogens is 328 g/mol. The Kier molecular flexibility index (Phi) is 4.28. The minimum absolute atomic E-state index is 0.000830. The molecule has 1 atom stereocenters. The summed E-state index contributed by atoms with van der Waals surface area (Å²) in [6.07, 6.45) is 4.75. The van der Waals surface area contributed by atoms with Crippen LogP contribution in [-0.2, 0) is 16.0 Å². The second kappa shape index (κ2) is 6.61. The average Bonchev–Trinajstić information content (AvgIpc) is 3.26. The van der Waals surface area contributed by atoms with Crippen molar-refractivity contribution in [2.75, 3.05) is 20.3 Å². The van der Waals surface area contributed by atoms with Crippen LogP contribution in [0.4, 0.5) is 0 Å². The second-order valence-corrected chi connectivity index (χ2v) is 7.08. The maximum atomic E-state index is 12.7. The molecule has 4 rings (SSSR count). The molecule has 0 fully saturated rings. The summed E-state index contributed by atoms with van der Waals surface area (Å²) >= 11 is 0. The van der Waals surface area contributed by atoms with Crippen LogP contribution in [0.25, 0.3) is 10.9 Å². The van der Waals surface area contributed by atoms with Crippen LogP contribution < -0.4 is 0 Å². The first-order chi connectivity index (χ1) is 12.6. The zero-order valence-corrected chi connectivity index (χ0v) is 15.4. The van der Waals surface area contributed by atoms with E-state index in [1.54, 1.807) is 7.11 Å². The van der Waals surface area contributed by atoms with Crippen molar-refractivity contribution in [3.05, 3.63) is 53.5 Å². The number of nitrogens with one attached hydrogen (secondary N) is 1. The number of carbonyl (C=O) groups excluding carboxylic acids is 1. The van der Waals surface area contributed by atoms with Crippen LogP contribution in [0.5, 0.6) is 0 Å². The van der Waals surface area contributed by atoms with Crippen molar-refractivity contribution >= 4 is 16.8 Å². The van der Waals surface area contributed by atoms with Crippen molar-refractivity contribution in [1.82, 2.24) is 19.7 Å². The van der Waals surface area contributed by atoms with E-state index in [0.717, 1.165) is 23.2 Å². The van der Waals surface area contributed by atoms with Crippen LogP contribution in [0.1, 0.15) is 42.8 Å². The summed E-state index contributed by atoms with van der Waals surface area (Å²) in [7, 11) is 1.56. The van der Waals surface area contributed by atoms with E-state index in [0.29, 0.717) is 6.54 Å². The molecule has 1 N–H and O–H groups in total. The second-order valence-electron chi connectivity index (χ2n) is 7.08. The predicted molar refractivity (Wildman–Crippen MR) is 100 cm³/mol. The van der Waals surface area contributed by atoms with Gasteiger partial charge in [-0.2, -0.15) is 5.10 Å². The van der Waals surface area contributed by atoms with Crippen molar-refractivity contribution in [1.29, 1.82) is 0 Å². The summed E-state index contributed by atoms with van der Waals surface area (Å²) in [4.78, 5) is 18.2. The van der Waals surface area contributed by atoms with E-state index in [9.17, 15) is 4.79 Å². The summed E-state index contributed by atoms with van der Waals surface area (Å²) in [6, 6.07) is 8.43. The number of aromatic amines is 1. The molecule has 136 valence electrons. The molecule has 3 heterocycles. The Morgan fingerprint density at radius 2 is 2.19 bits per heavy atom. The van der Waals surface area contributed by atoms with Gasteiger partial charge in [0.15, 0.2) is 0 Å². The highest BCUT2D eigenvalue weighted by Crippen LogP contribution is 2.38. The van der Waals surface area contributed by atoms with Gasteiger partial charge in [0, 0.05) is 48.1 Å². The quantitative estimate of drug-likeness (QED) is 0.785. The van der Waals surface area contributed by atoms with E-state index in [-0.39, 0.29) is 24.6 Å². The van der Waals surface area contributed by atoms with Crippen LogP contribution in [0.2, 0.25) is 0 Å². The molecule has 0 bridgehead atoms. The molecule has 2 aromatic heterocycles. The van der Waals surface area contributed by atoms with Crippen molar-refractivity contribution in [3.63, 3.8) is 0 Å². The fourth-order valence-electron chi connectivity index (χ4n) is 3.84. The van der Waals surface area contributed by atoms with Crippen LogP contribution in [-0.4, -0.2) is 45.8 Å². The first-order valence-corrected chi connectivity index (χ1v) is 9.02. The van der Waals surface area contributed by atoms with Crippen molar-refractivity contribution in [3.8, 4) is 0 Å². The highest BCUT2D eigenvalue weighted by Gasteiger charge is 2.35. The number of rotatable bonds is 4. The SMILES string of the molecule is COCC(=O)N1CCc2c([nH]c3ccccc23)[C@H]1c1cnn(C(C)C)c1. The highest BCUT2D eigenvalue weighted by atomic mass is 16.5. The van der Waals surface area contributed by atoms with Crippen molar-refractivity contribution in [2.24, 2.45) is 0 Å². The number of nitrogens with zero attached hydrogens (tertiary/aromatic N) is 3. The van der Waals surface area contributed by atoms with Gasteiger partial charge in [0.2, 0.25) is 5.91 Å². The van der Waals surface area contributed by atoms with Crippen molar-refractivity contribution in [2.45, 2.75) is 32.4 Å². The van der Waals surface area contributed by atoms with Crippen LogP contribution in [0, 0.1) is 0 Å². The Balaban J connectivity index is 1.85. The molecule has 1 aromatic carbocycles. The number of hydrogen-bond donors (Lipinski definition) is 1. The minimum Gasteiger partial charge on any atom is -0.375 e. The number of amides is 1. The largest absolute Gasteiger partial charge is 0.375 e. The summed E-state index contributed by atoms with van der Waals surface area (Å²) in [6.45, 7) is 4.96. The van der Waals surface area contributed by atoms with Gasteiger partial charge in [0.05, 0.1) is 6.20 Å². The van der Waals surface area contributed by atoms with Gasteiger partial charge in [-0.25, -0.2) is 0 Å². The third-order valence-electron chi connectivity index (χ3n) is 5.09. The molecule has 0 radical (unpaired) electrons. The number of para-hydroxylation sites is 1. The molecule has 0 saturated heterocycles. The Labute approximate surface area is 152 Å². The van der Waals surface area contributed by atoms with Crippen LogP contribution in [0.3, 0.4) is 0 Å². The lowest BCUT2D eigenvalue weighted by Crippen LogP contribution is -2.42. The maximum Gasteiger partial charge on any atom is 0.249 e. The number of methoxy groups -OCH3 is 1. The normalized spacial score (nSPS) is 17.1. The Hall–Kier alpha value is -2.60. The molecular formula is C20H24N4O2. The Morgan fingerprint density at radius 1 is 1.38 bits per heavy atom. The standard InChI is InChI=1S/C20H24N4O2/c1-13(2)24-11-14(10-21-24)20-19-16(8-9-23(20)18(25)12-26-3)15-6-4-5-7-17(15)22-19/h4-7,10-11,13,20,22H,8-9,12H2,1-3H3/t20-/m1/s1. The van der Waals surface area contributed by atoms with Crippen LogP contribution in [0.15, 0.2) is 36.7 Å². The van der Waals surface area contributed by atoms with E-state index in [1.165, 1.54) is 10.9 Å². The summed E-state index contributed by atoms with van der Waals surface area (Å²) in [5.41, 5.74) is 4.52. The molecule has 0 aliphatic carbocycles. The van der Waals surface area contributed by atoms with Gasteiger partial charge in [0.1, 0.15) is 12.6 Å². The summed E-state index contributed by atoms with van der Waals surface area (Å²) in [5, 5.41) is 5.73. The summed E-state index contributed by atoms with van der Waals surface area (Å²) < 4.78 is 7.04. The van der Waals surface area contributed by atoms with Gasteiger partial charge in [-0.3, -0.25) is 9.48 Å². The van der Waals surface area contributed by atoms with E-state index in [1.807, 2.05) is 28.0 Å². The molecule has 1 aliphatic heterocycles. The highest BCUT2D eigenvalue weighted by molar-refractivity contribution is 5.86. The Morgan fingerprint density at radius 3 is 2.92 bits per heavy atom. The molecule has 6 nitrogen and oxygen atoms in total. The van der Waals surface area contributed by atoms with Gasteiger partial charge in [0.25, 0.3) is 0 Å². The van der Waals surface area contributed by atoms with E-state index >= 15 is 0 Å². The zero-order chi connectivity index (χ0) is 18.3. The molecule has 0 saturated carbocycles. The summed E-state index contributed by atoms with van der Waals surface area (Å²) in [5.74, 6) is -0.000830. The molecule has 3 aromatic rings. The monoisotopic (exact) mass is 352 g/mol. The number of H-pyrrole nitrogens is 1. The fraction of sp³-hybridized carbons (Fsp3) is 0.400. The lowest BCUT2D eigenvalue weighted by Gasteiger charge is -2.35. The van der Waals surface area contributed by atoms with Gasteiger partial charge < -0.3 is 14.6 Å². The van der Waals surface area contributed by atoms with E-state index < -0.39 is 0 Å². The Bertz CT molecular complexity index is 940. The number of benzene rings is 1. The number of fused-ring (bicyclic) bond motifs is 3. The predicted octanol–water partition coefficient (Wildman–Crippen LogP) is 3.07. The molecule has 0 spiro atoms. The first kappa shape index (κ1) is 16.8. The number of carbonyl (C=O) groups is 1. The van der Waals surface area contributed by atoms with E-state index in [2.05, 4.69) is 42.1 Å². The maximum absolute atomic E-state index is 12.7. The molecule has 0 unspecified atom stereocenters. The lowest BCUT2D eigenvalue weighted by atomic mass is 9.94. The third-order valence-corrected chi connectivity index (χ3v) is 5.09. The molecule has 1 amide bonds. The molecule has 1 aliphatic rings. The number of ether oxygens (including phenoxy) is 1. The van der Waals surface area contributed by atoms with Gasteiger partial charge >= 0.3 is 0 Å². The zero-order valence-electron chi connectivity index (χ0n) is 15.4. The number of aromatic nitrogens is 3. The van der Waals surface area contributed by atoms with Crippen LogP contribution >= 0.6 is 0 Å². The third kappa shape index (κ3) is 2.70. The average molecular weight is 352 g/mol. The van der Waals surface area contributed by atoms with E-state index in [4.69, 9.17) is 4.74 Å². The van der Waals surface area contributed by atoms with Gasteiger partial charge in [-0.1, -0.05) is 18.2 Å². The van der Waals surface area contributed by atoms with Crippen molar-refractivity contribution < 1.29 is 9.53 Å². The van der Waals surface area contributed by atoms with Gasteiger partial charge in [-0.05, 0) is 31.9 Å². The molecule has 26 heavy (non-hydrogen) atoms. The topological polar surface area (TPSA) is 63.1 Å². The smallest absolute Gasteiger partial charge is 0.249 e. The minimum atomic E-state index is -0.165. The number of hydrogen-bond acceptors (Lipinski definition) is 3. The fourth-order valence-corrected chi connectivity index (χ4v) is 3.84. The molecule has 6 heteroatoms.